The molecule has 3 N–H and O–H groups in total. The average Bonchev–Trinajstić information content (AvgIpc) is 2.98. The quantitative estimate of drug-likeness (QED) is 0.748. The maximum absolute atomic E-state index is 11.7. The van der Waals surface area contributed by atoms with Gasteiger partial charge in [-0.15, -0.1) is 0 Å². The van der Waals surface area contributed by atoms with Crippen molar-refractivity contribution in [3.05, 3.63) is 29.8 Å². The second-order valence-electron chi connectivity index (χ2n) is 6.14. The maximum atomic E-state index is 11.7. The zero-order chi connectivity index (χ0) is 15.9. The van der Waals surface area contributed by atoms with Gasteiger partial charge in [0, 0.05) is 29.6 Å². The lowest BCUT2D eigenvalue weighted by Gasteiger charge is -2.17. The Hall–Kier alpha value is -1.20. The highest BCUT2D eigenvalue weighted by molar-refractivity contribution is 8.00. The first-order valence-corrected chi connectivity index (χ1v) is 9.12. The van der Waals surface area contributed by atoms with Crippen LogP contribution in [0.2, 0.25) is 0 Å². The molecule has 1 aliphatic heterocycles. The van der Waals surface area contributed by atoms with E-state index in [1.54, 1.807) is 0 Å². The largest absolute Gasteiger partial charge is 0.336 e. The number of urea groups is 1. The predicted molar refractivity (Wildman–Crippen MR) is 95.6 cm³/mol. The van der Waals surface area contributed by atoms with Gasteiger partial charge in [-0.3, -0.25) is 0 Å². The van der Waals surface area contributed by atoms with Crippen LogP contribution in [0.15, 0.2) is 24.3 Å². The van der Waals surface area contributed by atoms with E-state index < -0.39 is 0 Å². The molecule has 1 aromatic carbocycles. The van der Waals surface area contributed by atoms with Gasteiger partial charge in [-0.2, -0.15) is 11.8 Å². The summed E-state index contributed by atoms with van der Waals surface area (Å²) < 4.78 is 0. The number of amides is 2. The number of anilines is 1. The molecule has 1 aliphatic rings. The zero-order valence-electron chi connectivity index (χ0n) is 13.7. The van der Waals surface area contributed by atoms with Crippen molar-refractivity contribution < 1.29 is 4.79 Å². The lowest BCUT2D eigenvalue weighted by atomic mass is 10.1. The summed E-state index contributed by atoms with van der Waals surface area (Å²) in [6, 6.07) is 8.37. The molecule has 22 heavy (non-hydrogen) atoms. The summed E-state index contributed by atoms with van der Waals surface area (Å²) in [6.45, 7) is 7.15. The van der Waals surface area contributed by atoms with Crippen molar-refractivity contribution in [1.29, 1.82) is 0 Å². The fourth-order valence-electron chi connectivity index (χ4n) is 2.52. The SMILES string of the molecule is CC(C)NC(=O)Nc1ccc(C(C)NCC2CCCS2)cc1. The Morgan fingerprint density at radius 3 is 2.59 bits per heavy atom. The molecule has 1 heterocycles. The summed E-state index contributed by atoms with van der Waals surface area (Å²) in [7, 11) is 0. The van der Waals surface area contributed by atoms with Gasteiger partial charge in [-0.05, 0) is 57.1 Å². The molecular formula is C17H27N3OS. The molecule has 1 saturated heterocycles. The molecule has 0 radical (unpaired) electrons. The van der Waals surface area contributed by atoms with Gasteiger partial charge in [0.2, 0.25) is 0 Å². The molecule has 2 atom stereocenters. The fraction of sp³-hybridized carbons (Fsp3) is 0.588. The third-order valence-electron chi connectivity index (χ3n) is 3.76. The third-order valence-corrected chi connectivity index (χ3v) is 5.16. The normalized spacial score (nSPS) is 19.2. The summed E-state index contributed by atoms with van der Waals surface area (Å²) in [4.78, 5) is 11.7. The van der Waals surface area contributed by atoms with Gasteiger partial charge in [-0.1, -0.05) is 12.1 Å². The number of rotatable bonds is 6. The predicted octanol–water partition coefficient (Wildman–Crippen LogP) is 3.76. The molecule has 122 valence electrons. The van der Waals surface area contributed by atoms with Crippen LogP contribution in [0.25, 0.3) is 0 Å². The first-order valence-electron chi connectivity index (χ1n) is 8.07. The van der Waals surface area contributed by atoms with Gasteiger partial charge in [0.15, 0.2) is 0 Å². The van der Waals surface area contributed by atoms with E-state index in [1.165, 1.54) is 24.2 Å². The van der Waals surface area contributed by atoms with E-state index >= 15 is 0 Å². The Kier molecular flexibility index (Phi) is 6.58. The van der Waals surface area contributed by atoms with Gasteiger partial charge in [-0.25, -0.2) is 4.79 Å². The van der Waals surface area contributed by atoms with E-state index in [4.69, 9.17) is 0 Å². The second kappa shape index (κ2) is 8.44. The van der Waals surface area contributed by atoms with E-state index in [0.29, 0.717) is 6.04 Å². The van der Waals surface area contributed by atoms with Crippen LogP contribution in [0, 0.1) is 0 Å². The van der Waals surface area contributed by atoms with Crippen LogP contribution >= 0.6 is 11.8 Å². The van der Waals surface area contributed by atoms with Crippen LogP contribution < -0.4 is 16.0 Å². The Labute approximate surface area is 137 Å². The smallest absolute Gasteiger partial charge is 0.319 e. The molecule has 1 fully saturated rings. The summed E-state index contributed by atoms with van der Waals surface area (Å²) in [5, 5.41) is 10.0. The Balaban J connectivity index is 1.81. The van der Waals surface area contributed by atoms with Gasteiger partial charge < -0.3 is 16.0 Å². The minimum atomic E-state index is -0.160. The van der Waals surface area contributed by atoms with E-state index in [-0.39, 0.29) is 12.1 Å². The van der Waals surface area contributed by atoms with Crippen molar-refractivity contribution in [3.63, 3.8) is 0 Å². The third kappa shape index (κ3) is 5.54. The van der Waals surface area contributed by atoms with Crippen LogP contribution in [0.3, 0.4) is 0 Å². The topological polar surface area (TPSA) is 53.2 Å². The van der Waals surface area contributed by atoms with Crippen LogP contribution in [0.4, 0.5) is 10.5 Å². The number of thioether (sulfide) groups is 1. The maximum Gasteiger partial charge on any atom is 0.319 e. The Morgan fingerprint density at radius 2 is 2.00 bits per heavy atom. The molecular weight excluding hydrogens is 294 g/mol. The monoisotopic (exact) mass is 321 g/mol. The summed E-state index contributed by atoms with van der Waals surface area (Å²) in [5.74, 6) is 1.31. The molecule has 2 amide bonds. The zero-order valence-corrected chi connectivity index (χ0v) is 14.5. The lowest BCUT2D eigenvalue weighted by Crippen LogP contribution is -2.34. The molecule has 0 bridgehead atoms. The number of carbonyl (C=O) groups excluding carboxylic acids is 1. The number of hydrogen-bond donors (Lipinski definition) is 3. The van der Waals surface area contributed by atoms with E-state index in [0.717, 1.165) is 17.5 Å². The Morgan fingerprint density at radius 1 is 1.27 bits per heavy atom. The van der Waals surface area contributed by atoms with Crippen molar-refractivity contribution in [2.75, 3.05) is 17.6 Å². The summed E-state index contributed by atoms with van der Waals surface area (Å²) >= 11 is 2.08. The summed E-state index contributed by atoms with van der Waals surface area (Å²) in [6.07, 6.45) is 2.68. The van der Waals surface area contributed by atoms with E-state index in [9.17, 15) is 4.79 Å². The van der Waals surface area contributed by atoms with Gasteiger partial charge in [0.25, 0.3) is 0 Å². The van der Waals surface area contributed by atoms with Crippen LogP contribution in [-0.2, 0) is 0 Å². The van der Waals surface area contributed by atoms with Crippen LogP contribution in [0.1, 0.15) is 45.2 Å². The van der Waals surface area contributed by atoms with Crippen molar-refractivity contribution in [1.82, 2.24) is 10.6 Å². The Bertz CT molecular complexity index is 469. The van der Waals surface area contributed by atoms with Crippen molar-refractivity contribution >= 4 is 23.5 Å². The van der Waals surface area contributed by atoms with Gasteiger partial charge in [0.05, 0.1) is 0 Å². The molecule has 0 saturated carbocycles. The van der Waals surface area contributed by atoms with Crippen LogP contribution in [-0.4, -0.2) is 29.6 Å². The van der Waals surface area contributed by atoms with Gasteiger partial charge >= 0.3 is 6.03 Å². The second-order valence-corrected chi connectivity index (χ2v) is 7.55. The van der Waals surface area contributed by atoms with Gasteiger partial charge in [0.1, 0.15) is 0 Å². The molecule has 0 aliphatic carbocycles. The highest BCUT2D eigenvalue weighted by Gasteiger charge is 2.16. The number of nitrogens with one attached hydrogen (secondary N) is 3. The van der Waals surface area contributed by atoms with E-state index in [2.05, 4.69) is 46.8 Å². The minimum absolute atomic E-state index is 0.136. The first-order chi connectivity index (χ1) is 10.5. The van der Waals surface area contributed by atoms with Crippen LogP contribution in [0.5, 0.6) is 0 Å². The molecule has 2 unspecified atom stereocenters. The lowest BCUT2D eigenvalue weighted by molar-refractivity contribution is 0.250. The molecule has 0 spiro atoms. The van der Waals surface area contributed by atoms with Crippen molar-refractivity contribution in [2.45, 2.75) is 50.9 Å². The number of hydrogen-bond acceptors (Lipinski definition) is 3. The molecule has 1 aromatic rings. The average molecular weight is 321 g/mol. The fourth-order valence-corrected chi connectivity index (χ4v) is 3.73. The van der Waals surface area contributed by atoms with Crippen molar-refractivity contribution in [3.8, 4) is 0 Å². The molecule has 2 rings (SSSR count). The molecule has 0 aromatic heterocycles. The van der Waals surface area contributed by atoms with E-state index in [1.807, 2.05) is 26.0 Å². The number of carbonyl (C=O) groups is 1. The first kappa shape index (κ1) is 17.2. The summed E-state index contributed by atoms with van der Waals surface area (Å²) in [5.41, 5.74) is 2.07. The molecule has 5 heteroatoms. The highest BCUT2D eigenvalue weighted by Crippen LogP contribution is 2.26. The standard InChI is InChI=1S/C17H27N3OS/c1-12(2)19-17(21)20-15-8-6-14(7-9-15)13(3)18-11-16-5-4-10-22-16/h6-9,12-13,16,18H,4-5,10-11H2,1-3H3,(H2,19,20,21). The molecule has 4 nitrogen and oxygen atoms in total. The minimum Gasteiger partial charge on any atom is -0.336 e. The van der Waals surface area contributed by atoms with Crippen molar-refractivity contribution in [2.24, 2.45) is 0 Å². The highest BCUT2D eigenvalue weighted by atomic mass is 32.2. The number of benzene rings is 1.